The summed E-state index contributed by atoms with van der Waals surface area (Å²) in [4.78, 5) is 4.62. The van der Waals surface area contributed by atoms with Gasteiger partial charge in [0.1, 0.15) is 0 Å². The molecule has 0 fully saturated rings. The second-order valence-corrected chi connectivity index (χ2v) is 4.82. The molecule has 0 radical (unpaired) electrons. The number of fused-ring (bicyclic) bond motifs is 1. The minimum absolute atomic E-state index is 0.537. The van der Waals surface area contributed by atoms with Crippen LogP contribution in [0, 0.1) is 6.92 Å². The molecule has 17 heavy (non-hydrogen) atoms. The molecule has 2 rings (SSSR count). The molecule has 2 aromatic rings. The van der Waals surface area contributed by atoms with E-state index in [1.165, 1.54) is 5.56 Å². The van der Waals surface area contributed by atoms with Gasteiger partial charge in [-0.1, -0.05) is 29.3 Å². The van der Waals surface area contributed by atoms with E-state index in [0.29, 0.717) is 10.0 Å². The monoisotopic (exact) mass is 268 g/mol. The molecule has 0 aliphatic rings. The summed E-state index contributed by atoms with van der Waals surface area (Å²) in [5.41, 5.74) is 3.04. The summed E-state index contributed by atoms with van der Waals surface area (Å²) in [6, 6.07) is 5.86. The Morgan fingerprint density at radius 3 is 2.76 bits per heavy atom. The molecule has 0 aliphatic carbocycles. The fourth-order valence-electron chi connectivity index (χ4n) is 1.82. The molecular formula is C13H14Cl2N2. The second-order valence-electron chi connectivity index (χ2n) is 4.04. The molecule has 4 heteroatoms. The molecule has 1 heterocycles. The van der Waals surface area contributed by atoms with E-state index in [0.717, 1.165) is 29.6 Å². The number of benzene rings is 1. The molecule has 0 unspecified atom stereocenters. The summed E-state index contributed by atoms with van der Waals surface area (Å²) in [6.45, 7) is 2.97. The number of halogens is 2. The third-order valence-corrected chi connectivity index (χ3v) is 3.58. The van der Waals surface area contributed by atoms with Gasteiger partial charge in [-0.2, -0.15) is 0 Å². The van der Waals surface area contributed by atoms with Crippen molar-refractivity contribution >= 4 is 34.1 Å². The number of likely N-dealkylation sites (N-methyl/N-ethyl adjacent to an activating group) is 1. The molecule has 0 bridgehead atoms. The van der Waals surface area contributed by atoms with Gasteiger partial charge in [-0.25, -0.2) is 0 Å². The predicted octanol–water partition coefficient (Wildman–Crippen LogP) is 3.61. The van der Waals surface area contributed by atoms with Crippen molar-refractivity contribution in [3.63, 3.8) is 0 Å². The van der Waals surface area contributed by atoms with E-state index in [9.17, 15) is 0 Å². The molecule has 0 saturated heterocycles. The van der Waals surface area contributed by atoms with Crippen LogP contribution in [0.25, 0.3) is 10.9 Å². The smallest absolute Gasteiger partial charge is 0.0906 e. The average molecular weight is 269 g/mol. The number of hydrogen-bond donors (Lipinski definition) is 1. The lowest BCUT2D eigenvalue weighted by molar-refractivity contribution is 0.775. The Morgan fingerprint density at radius 2 is 2.06 bits per heavy atom. The normalized spacial score (nSPS) is 11.1. The van der Waals surface area contributed by atoms with Crippen molar-refractivity contribution in [2.75, 3.05) is 13.6 Å². The van der Waals surface area contributed by atoms with Gasteiger partial charge in [-0.15, -0.1) is 0 Å². The van der Waals surface area contributed by atoms with E-state index in [1.54, 1.807) is 6.07 Å². The van der Waals surface area contributed by atoms with Crippen LogP contribution in [-0.2, 0) is 6.42 Å². The number of rotatable bonds is 3. The van der Waals surface area contributed by atoms with E-state index >= 15 is 0 Å². The molecular weight excluding hydrogens is 255 g/mol. The highest BCUT2D eigenvalue weighted by atomic mass is 35.5. The van der Waals surface area contributed by atoms with Crippen LogP contribution in [0.5, 0.6) is 0 Å². The summed E-state index contributed by atoms with van der Waals surface area (Å²) in [5.74, 6) is 0. The van der Waals surface area contributed by atoms with Crippen LogP contribution in [-0.4, -0.2) is 18.6 Å². The van der Waals surface area contributed by atoms with E-state index in [-0.39, 0.29) is 0 Å². The fraction of sp³-hybridized carbons (Fsp3) is 0.308. The van der Waals surface area contributed by atoms with Crippen LogP contribution in [0.4, 0.5) is 0 Å². The number of nitrogens with one attached hydrogen (secondary N) is 1. The molecule has 90 valence electrons. The molecule has 0 amide bonds. The van der Waals surface area contributed by atoms with Crippen molar-refractivity contribution in [3.8, 4) is 0 Å². The molecule has 1 N–H and O–H groups in total. The Morgan fingerprint density at radius 1 is 1.29 bits per heavy atom. The molecule has 0 spiro atoms. The summed E-state index contributed by atoms with van der Waals surface area (Å²) in [7, 11) is 1.93. The Labute approximate surface area is 111 Å². The van der Waals surface area contributed by atoms with Gasteiger partial charge in [0.2, 0.25) is 0 Å². The second kappa shape index (κ2) is 5.21. The maximum Gasteiger partial charge on any atom is 0.0906 e. The lowest BCUT2D eigenvalue weighted by Crippen LogP contribution is -2.12. The molecule has 1 aromatic carbocycles. The van der Waals surface area contributed by atoms with Gasteiger partial charge in [-0.3, -0.25) is 4.98 Å². The maximum absolute atomic E-state index is 6.17. The first kappa shape index (κ1) is 12.6. The molecule has 0 atom stereocenters. The minimum atomic E-state index is 0.537. The van der Waals surface area contributed by atoms with Crippen molar-refractivity contribution in [2.45, 2.75) is 13.3 Å². The maximum atomic E-state index is 6.17. The lowest BCUT2D eigenvalue weighted by atomic mass is 10.1. The van der Waals surface area contributed by atoms with Crippen molar-refractivity contribution in [3.05, 3.63) is 39.5 Å². The van der Waals surface area contributed by atoms with Crippen LogP contribution < -0.4 is 5.32 Å². The number of aromatic nitrogens is 1. The third-order valence-electron chi connectivity index (χ3n) is 2.79. The number of nitrogens with zero attached hydrogens (tertiary/aromatic N) is 1. The van der Waals surface area contributed by atoms with Crippen LogP contribution >= 0.6 is 23.2 Å². The minimum Gasteiger partial charge on any atom is -0.319 e. The van der Waals surface area contributed by atoms with Gasteiger partial charge in [0.15, 0.2) is 0 Å². The van der Waals surface area contributed by atoms with Gasteiger partial charge in [0, 0.05) is 24.0 Å². The fourth-order valence-corrected chi connectivity index (χ4v) is 2.19. The molecule has 1 aromatic heterocycles. The number of hydrogen-bond acceptors (Lipinski definition) is 2. The Kier molecular flexibility index (Phi) is 3.87. The summed E-state index contributed by atoms with van der Waals surface area (Å²) in [5, 5.41) is 5.24. The van der Waals surface area contributed by atoms with Crippen molar-refractivity contribution in [1.29, 1.82) is 0 Å². The van der Waals surface area contributed by atoms with Gasteiger partial charge >= 0.3 is 0 Å². The first-order chi connectivity index (χ1) is 8.13. The van der Waals surface area contributed by atoms with Gasteiger partial charge in [0.25, 0.3) is 0 Å². The van der Waals surface area contributed by atoms with Crippen LogP contribution in [0.2, 0.25) is 10.0 Å². The van der Waals surface area contributed by atoms with Crippen molar-refractivity contribution in [1.82, 2.24) is 10.3 Å². The first-order valence-electron chi connectivity index (χ1n) is 5.52. The highest BCUT2D eigenvalue weighted by Gasteiger charge is 2.08. The third kappa shape index (κ3) is 2.54. The first-order valence-corrected chi connectivity index (χ1v) is 6.28. The zero-order valence-electron chi connectivity index (χ0n) is 9.85. The van der Waals surface area contributed by atoms with E-state index in [1.807, 2.05) is 13.1 Å². The molecule has 0 aliphatic heterocycles. The van der Waals surface area contributed by atoms with Crippen molar-refractivity contribution < 1.29 is 0 Å². The number of aryl methyl sites for hydroxylation is 1. The summed E-state index contributed by atoms with van der Waals surface area (Å²) >= 11 is 12.2. The van der Waals surface area contributed by atoms with Crippen LogP contribution in [0.1, 0.15) is 11.3 Å². The topological polar surface area (TPSA) is 24.9 Å². The standard InChI is InChI=1S/C13H14Cl2N2/c1-8-7-9-3-4-10(14)12(15)13(9)17-11(8)5-6-16-2/h3-4,7,16H,5-6H2,1-2H3. The number of pyridine rings is 1. The highest BCUT2D eigenvalue weighted by Crippen LogP contribution is 2.30. The Balaban J connectivity index is 2.56. The highest BCUT2D eigenvalue weighted by molar-refractivity contribution is 6.45. The molecule has 0 saturated carbocycles. The quantitative estimate of drug-likeness (QED) is 0.920. The lowest BCUT2D eigenvalue weighted by Gasteiger charge is -2.08. The van der Waals surface area contributed by atoms with E-state index in [4.69, 9.17) is 23.2 Å². The Bertz CT molecular complexity index is 553. The summed E-state index contributed by atoms with van der Waals surface area (Å²) in [6.07, 6.45) is 0.890. The van der Waals surface area contributed by atoms with Gasteiger partial charge in [-0.05, 0) is 31.7 Å². The zero-order chi connectivity index (χ0) is 12.4. The van der Waals surface area contributed by atoms with Crippen molar-refractivity contribution in [2.24, 2.45) is 0 Å². The van der Waals surface area contributed by atoms with Gasteiger partial charge < -0.3 is 5.32 Å². The van der Waals surface area contributed by atoms with E-state index < -0.39 is 0 Å². The SMILES string of the molecule is CNCCc1nc2c(Cl)c(Cl)ccc2cc1C. The average Bonchev–Trinajstić information content (AvgIpc) is 2.32. The van der Waals surface area contributed by atoms with Crippen LogP contribution in [0.3, 0.4) is 0 Å². The van der Waals surface area contributed by atoms with Gasteiger partial charge in [0.05, 0.1) is 15.6 Å². The largest absolute Gasteiger partial charge is 0.319 e. The zero-order valence-corrected chi connectivity index (χ0v) is 11.4. The molecule has 2 nitrogen and oxygen atoms in total. The Hall–Kier alpha value is -0.830. The summed E-state index contributed by atoms with van der Waals surface area (Å²) < 4.78 is 0. The van der Waals surface area contributed by atoms with E-state index in [2.05, 4.69) is 23.3 Å². The predicted molar refractivity (Wildman–Crippen MR) is 74.1 cm³/mol. The van der Waals surface area contributed by atoms with Crippen LogP contribution in [0.15, 0.2) is 18.2 Å².